The van der Waals surface area contributed by atoms with E-state index in [1.54, 1.807) is 6.92 Å². The summed E-state index contributed by atoms with van der Waals surface area (Å²) in [6.45, 7) is 6.14. The van der Waals surface area contributed by atoms with Gasteiger partial charge < -0.3 is 10.6 Å². The zero-order valence-corrected chi connectivity index (χ0v) is 9.00. The predicted octanol–water partition coefficient (Wildman–Crippen LogP) is 0.981. The Morgan fingerprint density at radius 3 is 2.38 bits per heavy atom. The van der Waals surface area contributed by atoms with Crippen LogP contribution in [-0.2, 0) is 4.79 Å². The number of carbonyl (C=O) groups is 1. The highest BCUT2D eigenvalue weighted by Gasteiger charge is 2.42. The first-order valence-electron chi connectivity index (χ1n) is 4.88. The third kappa shape index (κ3) is 1.85. The number of amides is 1. The minimum atomic E-state index is -0.374. The molecule has 1 aliphatic rings. The number of likely N-dealkylation sites (N-methyl/N-ethyl adjacent to an activating group) is 1. The number of nitrogens with two attached hydrogens (primary N) is 1. The minimum Gasteiger partial charge on any atom is -0.341 e. The van der Waals surface area contributed by atoms with E-state index < -0.39 is 0 Å². The van der Waals surface area contributed by atoms with E-state index >= 15 is 0 Å². The van der Waals surface area contributed by atoms with E-state index in [4.69, 9.17) is 5.73 Å². The first kappa shape index (κ1) is 10.5. The maximum atomic E-state index is 11.6. The highest BCUT2D eigenvalue weighted by molar-refractivity contribution is 5.81. The Morgan fingerprint density at radius 2 is 2.15 bits per heavy atom. The molecule has 0 aromatic rings. The lowest BCUT2D eigenvalue weighted by Gasteiger charge is -2.49. The number of nitrogens with zero attached hydrogens (tertiary/aromatic N) is 1. The monoisotopic (exact) mass is 184 g/mol. The third-order valence-corrected chi connectivity index (χ3v) is 3.17. The van der Waals surface area contributed by atoms with Crippen LogP contribution in [0.15, 0.2) is 0 Å². The number of carbonyl (C=O) groups excluding carboxylic acids is 1. The van der Waals surface area contributed by atoms with E-state index in [0.717, 1.165) is 6.42 Å². The van der Waals surface area contributed by atoms with Crippen molar-refractivity contribution in [1.29, 1.82) is 0 Å². The molecule has 3 heteroatoms. The molecule has 0 bridgehead atoms. The lowest BCUT2D eigenvalue weighted by atomic mass is 9.66. The van der Waals surface area contributed by atoms with Crippen LogP contribution in [0.25, 0.3) is 0 Å². The smallest absolute Gasteiger partial charge is 0.239 e. The van der Waals surface area contributed by atoms with Gasteiger partial charge in [-0.05, 0) is 25.2 Å². The zero-order chi connectivity index (χ0) is 10.2. The van der Waals surface area contributed by atoms with Gasteiger partial charge in [0, 0.05) is 13.1 Å². The molecule has 3 nitrogen and oxygen atoms in total. The fourth-order valence-corrected chi connectivity index (χ4v) is 2.04. The number of rotatable bonds is 2. The molecule has 2 atom stereocenters. The molecule has 13 heavy (non-hydrogen) atoms. The van der Waals surface area contributed by atoms with E-state index in [-0.39, 0.29) is 17.4 Å². The average molecular weight is 184 g/mol. The van der Waals surface area contributed by atoms with Gasteiger partial charge in [-0.3, -0.25) is 4.79 Å². The van der Waals surface area contributed by atoms with Crippen molar-refractivity contribution in [2.45, 2.75) is 45.7 Å². The summed E-state index contributed by atoms with van der Waals surface area (Å²) < 4.78 is 0. The molecule has 1 saturated carbocycles. The lowest BCUT2D eigenvalue weighted by Crippen LogP contribution is -2.55. The van der Waals surface area contributed by atoms with Gasteiger partial charge in [0.05, 0.1) is 6.04 Å². The van der Waals surface area contributed by atoms with Crippen molar-refractivity contribution in [1.82, 2.24) is 4.90 Å². The van der Waals surface area contributed by atoms with Gasteiger partial charge in [0.1, 0.15) is 0 Å². The second kappa shape index (κ2) is 3.29. The molecule has 0 spiro atoms. The maximum absolute atomic E-state index is 11.6. The Bertz CT molecular complexity index is 211. The van der Waals surface area contributed by atoms with Crippen molar-refractivity contribution < 1.29 is 4.79 Å². The SMILES string of the molecule is C[C@@H](N)C(=O)N(C)C1CCC1(C)C. The topological polar surface area (TPSA) is 46.3 Å². The largest absolute Gasteiger partial charge is 0.341 e. The van der Waals surface area contributed by atoms with Gasteiger partial charge in [-0.25, -0.2) is 0 Å². The zero-order valence-electron chi connectivity index (χ0n) is 9.00. The van der Waals surface area contributed by atoms with Gasteiger partial charge in [-0.15, -0.1) is 0 Å². The van der Waals surface area contributed by atoms with Crippen molar-refractivity contribution in [3.8, 4) is 0 Å². The quantitative estimate of drug-likeness (QED) is 0.695. The molecule has 1 amide bonds. The highest BCUT2D eigenvalue weighted by Crippen LogP contribution is 2.42. The predicted molar refractivity (Wildman–Crippen MR) is 53.2 cm³/mol. The molecule has 2 N–H and O–H groups in total. The van der Waals surface area contributed by atoms with Crippen molar-refractivity contribution in [3.63, 3.8) is 0 Å². The second-order valence-corrected chi connectivity index (χ2v) is 4.78. The number of hydrogen-bond acceptors (Lipinski definition) is 2. The molecule has 1 unspecified atom stereocenters. The van der Waals surface area contributed by atoms with Gasteiger partial charge in [-0.1, -0.05) is 13.8 Å². The highest BCUT2D eigenvalue weighted by atomic mass is 16.2. The van der Waals surface area contributed by atoms with Crippen LogP contribution in [0.2, 0.25) is 0 Å². The standard InChI is InChI=1S/C10H20N2O/c1-7(11)9(13)12(4)8-5-6-10(8,2)3/h7-8H,5-6,11H2,1-4H3/t7-,8?/m1/s1. The van der Waals surface area contributed by atoms with Crippen LogP contribution in [0.5, 0.6) is 0 Å². The van der Waals surface area contributed by atoms with Crippen molar-refractivity contribution in [2.24, 2.45) is 11.1 Å². The second-order valence-electron chi connectivity index (χ2n) is 4.78. The fraction of sp³-hybridized carbons (Fsp3) is 0.900. The maximum Gasteiger partial charge on any atom is 0.239 e. The van der Waals surface area contributed by atoms with Crippen LogP contribution in [-0.4, -0.2) is 29.9 Å². The van der Waals surface area contributed by atoms with Crippen LogP contribution in [0.3, 0.4) is 0 Å². The van der Waals surface area contributed by atoms with E-state index in [0.29, 0.717) is 6.04 Å². The first-order chi connectivity index (χ1) is 5.86. The molecule has 0 radical (unpaired) electrons. The Kier molecular flexibility index (Phi) is 2.66. The van der Waals surface area contributed by atoms with Gasteiger partial charge in [0.25, 0.3) is 0 Å². The summed E-state index contributed by atoms with van der Waals surface area (Å²) >= 11 is 0. The molecular weight excluding hydrogens is 164 g/mol. The Balaban J connectivity index is 2.58. The van der Waals surface area contributed by atoms with E-state index in [9.17, 15) is 4.79 Å². The third-order valence-electron chi connectivity index (χ3n) is 3.17. The van der Waals surface area contributed by atoms with Crippen LogP contribution >= 0.6 is 0 Å². The fourth-order valence-electron chi connectivity index (χ4n) is 2.04. The lowest BCUT2D eigenvalue weighted by molar-refractivity contribution is -0.139. The van der Waals surface area contributed by atoms with Gasteiger partial charge in [-0.2, -0.15) is 0 Å². The first-order valence-corrected chi connectivity index (χ1v) is 4.88. The van der Waals surface area contributed by atoms with Crippen molar-refractivity contribution >= 4 is 5.91 Å². The van der Waals surface area contributed by atoms with E-state index in [2.05, 4.69) is 13.8 Å². The van der Waals surface area contributed by atoms with Crippen molar-refractivity contribution in [3.05, 3.63) is 0 Å². The summed E-state index contributed by atoms with van der Waals surface area (Å²) in [6.07, 6.45) is 2.32. The van der Waals surface area contributed by atoms with Crippen molar-refractivity contribution in [2.75, 3.05) is 7.05 Å². The van der Waals surface area contributed by atoms with Crippen LogP contribution in [0.1, 0.15) is 33.6 Å². The normalized spacial score (nSPS) is 27.6. The molecule has 0 aromatic carbocycles. The van der Waals surface area contributed by atoms with Gasteiger partial charge >= 0.3 is 0 Å². The molecule has 76 valence electrons. The average Bonchev–Trinajstić information content (AvgIpc) is 2.01. The van der Waals surface area contributed by atoms with Gasteiger partial charge in [0.2, 0.25) is 5.91 Å². The summed E-state index contributed by atoms with van der Waals surface area (Å²) in [5, 5.41) is 0. The molecule has 0 aliphatic heterocycles. The summed E-state index contributed by atoms with van der Waals surface area (Å²) in [5.41, 5.74) is 5.83. The Hall–Kier alpha value is -0.570. The van der Waals surface area contributed by atoms with Crippen LogP contribution in [0, 0.1) is 5.41 Å². The molecular formula is C10H20N2O. The van der Waals surface area contributed by atoms with Crippen LogP contribution < -0.4 is 5.73 Å². The van der Waals surface area contributed by atoms with E-state index in [1.807, 2.05) is 11.9 Å². The summed E-state index contributed by atoms with van der Waals surface area (Å²) in [7, 11) is 1.86. The van der Waals surface area contributed by atoms with E-state index in [1.165, 1.54) is 6.42 Å². The summed E-state index contributed by atoms with van der Waals surface area (Å²) in [5.74, 6) is 0.0535. The minimum absolute atomic E-state index is 0.0535. The van der Waals surface area contributed by atoms with Crippen LogP contribution in [0.4, 0.5) is 0 Å². The molecule has 1 rings (SSSR count). The number of hydrogen-bond donors (Lipinski definition) is 1. The molecule has 1 aliphatic carbocycles. The Labute approximate surface area is 80.3 Å². The van der Waals surface area contributed by atoms with Gasteiger partial charge in [0.15, 0.2) is 0 Å². The molecule has 0 aromatic heterocycles. The molecule has 1 fully saturated rings. The molecule has 0 heterocycles. The summed E-state index contributed by atoms with van der Waals surface area (Å²) in [4.78, 5) is 13.4. The summed E-state index contributed by atoms with van der Waals surface area (Å²) in [6, 6.07) is 0.00685. The molecule has 0 saturated heterocycles. The Morgan fingerprint density at radius 1 is 1.62 bits per heavy atom.